The Kier molecular flexibility index (Phi) is 3.02. The lowest BCUT2D eigenvalue weighted by molar-refractivity contribution is -0.140. The number of carboxylic acid groups (broad SMARTS) is 2. The first-order valence-corrected chi connectivity index (χ1v) is 5.49. The maximum atomic E-state index is 11.4. The lowest BCUT2D eigenvalue weighted by Gasteiger charge is -2.18. The smallest absolute Gasteiger partial charge is 0.333 e. The summed E-state index contributed by atoms with van der Waals surface area (Å²) in [5.74, 6) is -3.45. The minimum absolute atomic E-state index is 0.0753. The van der Waals surface area contributed by atoms with Crippen molar-refractivity contribution in [2.24, 2.45) is 5.92 Å². The van der Waals surface area contributed by atoms with Crippen LogP contribution in [-0.4, -0.2) is 22.2 Å². The van der Waals surface area contributed by atoms with Crippen LogP contribution in [0.5, 0.6) is 0 Å². The highest BCUT2D eigenvalue weighted by Crippen LogP contribution is 2.24. The zero-order chi connectivity index (χ0) is 13.3. The molecule has 1 unspecified atom stereocenters. The third kappa shape index (κ3) is 1.82. The molecule has 1 atom stereocenters. The predicted molar refractivity (Wildman–Crippen MR) is 66.1 cm³/mol. The van der Waals surface area contributed by atoms with E-state index in [4.69, 9.17) is 0 Å². The minimum Gasteiger partial charge on any atom is -0.481 e. The monoisotopic (exact) mass is 244 g/mol. The van der Waals surface area contributed by atoms with Gasteiger partial charge >= 0.3 is 11.9 Å². The molecule has 0 saturated carbocycles. The molecule has 4 nitrogen and oxygen atoms in total. The topological polar surface area (TPSA) is 74.6 Å². The van der Waals surface area contributed by atoms with Crippen molar-refractivity contribution in [3.63, 3.8) is 0 Å². The normalized spacial score (nSPS) is 20.2. The van der Waals surface area contributed by atoms with Gasteiger partial charge in [-0.05, 0) is 22.9 Å². The average molecular weight is 244 g/mol. The van der Waals surface area contributed by atoms with Crippen molar-refractivity contribution >= 4 is 23.6 Å². The van der Waals surface area contributed by atoms with E-state index in [0.29, 0.717) is 10.8 Å². The zero-order valence-corrected chi connectivity index (χ0v) is 9.75. The number of hydrogen-bond acceptors (Lipinski definition) is 2. The summed E-state index contributed by atoms with van der Waals surface area (Å²) in [5.41, 5.74) is 0.423. The Hall–Kier alpha value is -2.36. The van der Waals surface area contributed by atoms with Crippen LogP contribution in [0.4, 0.5) is 0 Å². The molecule has 0 spiro atoms. The fourth-order valence-corrected chi connectivity index (χ4v) is 2.21. The zero-order valence-electron chi connectivity index (χ0n) is 9.75. The van der Waals surface area contributed by atoms with Crippen molar-refractivity contribution < 1.29 is 19.8 Å². The first-order valence-electron chi connectivity index (χ1n) is 5.49. The lowest BCUT2D eigenvalue weighted by Crippen LogP contribution is -2.39. The standard InChI is InChI=1S/C14H12O4/c1-2-8-7-9-5-3-4-6-10(9)12(14(17)18)11(8)13(15)16/h2-7,11H,1H3,(H,15,16)(H,17,18). The molecular formula is C14H12O4. The van der Waals surface area contributed by atoms with E-state index in [-0.39, 0.29) is 5.57 Å². The molecule has 4 heteroatoms. The molecule has 0 aromatic heterocycles. The van der Waals surface area contributed by atoms with E-state index in [1.54, 1.807) is 43.3 Å². The molecule has 2 rings (SSSR count). The quantitative estimate of drug-likeness (QED) is 0.788. The van der Waals surface area contributed by atoms with Gasteiger partial charge < -0.3 is 10.2 Å². The van der Waals surface area contributed by atoms with Gasteiger partial charge in [0.15, 0.2) is 0 Å². The highest BCUT2D eigenvalue weighted by molar-refractivity contribution is 6.16. The van der Waals surface area contributed by atoms with Crippen molar-refractivity contribution in [1.82, 2.24) is 0 Å². The van der Waals surface area contributed by atoms with E-state index in [9.17, 15) is 19.8 Å². The summed E-state index contributed by atoms with van der Waals surface area (Å²) in [7, 11) is 0. The number of allylic oxidation sites excluding steroid dienone is 1. The number of aliphatic carboxylic acids is 2. The van der Waals surface area contributed by atoms with Gasteiger partial charge in [-0.15, -0.1) is 0 Å². The van der Waals surface area contributed by atoms with Crippen LogP contribution in [-0.2, 0) is 9.59 Å². The van der Waals surface area contributed by atoms with Crippen molar-refractivity contribution in [1.29, 1.82) is 0 Å². The molecule has 18 heavy (non-hydrogen) atoms. The number of carboxylic acids is 2. The summed E-state index contributed by atoms with van der Waals surface area (Å²) in [6.45, 7) is 1.70. The van der Waals surface area contributed by atoms with E-state index >= 15 is 0 Å². The van der Waals surface area contributed by atoms with Gasteiger partial charge in [-0.1, -0.05) is 36.4 Å². The Balaban J connectivity index is 2.92. The summed E-state index contributed by atoms with van der Waals surface area (Å²) in [4.78, 5) is 22.7. The fourth-order valence-electron chi connectivity index (χ4n) is 2.21. The molecule has 0 bridgehead atoms. The number of carbonyl (C=O) groups is 2. The second-order valence-electron chi connectivity index (χ2n) is 4.01. The number of fused-ring (bicyclic) bond motifs is 1. The molecular weight excluding hydrogens is 232 g/mol. The van der Waals surface area contributed by atoms with Crippen LogP contribution in [0.1, 0.15) is 6.92 Å². The van der Waals surface area contributed by atoms with Crippen LogP contribution >= 0.6 is 0 Å². The SMILES string of the molecule is CC=C1C=c2ccccc2=C(C(=O)O)C1C(=O)O. The maximum absolute atomic E-state index is 11.4. The van der Waals surface area contributed by atoms with Gasteiger partial charge in [0.25, 0.3) is 0 Å². The molecule has 2 N–H and O–H groups in total. The molecule has 0 radical (unpaired) electrons. The van der Waals surface area contributed by atoms with E-state index in [0.717, 1.165) is 5.22 Å². The van der Waals surface area contributed by atoms with E-state index in [1.165, 1.54) is 0 Å². The summed E-state index contributed by atoms with van der Waals surface area (Å²) in [6, 6.07) is 6.91. The third-order valence-electron chi connectivity index (χ3n) is 3.01. The van der Waals surface area contributed by atoms with Gasteiger partial charge in [0.1, 0.15) is 5.92 Å². The number of benzene rings is 1. The van der Waals surface area contributed by atoms with Crippen molar-refractivity contribution in [2.45, 2.75) is 6.92 Å². The number of rotatable bonds is 2. The summed E-state index contributed by atoms with van der Waals surface area (Å²) >= 11 is 0. The Bertz CT molecular complexity index is 667. The van der Waals surface area contributed by atoms with E-state index < -0.39 is 17.9 Å². The molecule has 0 saturated heterocycles. The van der Waals surface area contributed by atoms with Crippen LogP contribution in [0.3, 0.4) is 0 Å². The van der Waals surface area contributed by atoms with E-state index in [2.05, 4.69) is 0 Å². The summed E-state index contributed by atoms with van der Waals surface area (Å²) < 4.78 is 0. The van der Waals surface area contributed by atoms with Gasteiger partial charge in [-0.25, -0.2) is 4.79 Å². The molecule has 0 aliphatic heterocycles. The van der Waals surface area contributed by atoms with Gasteiger partial charge in [0, 0.05) is 0 Å². The summed E-state index contributed by atoms with van der Waals surface area (Å²) in [5, 5.41) is 19.7. The predicted octanol–water partition coefficient (Wildman–Crippen LogP) is 0.363. The van der Waals surface area contributed by atoms with Crippen LogP contribution in [0.15, 0.2) is 35.9 Å². The molecule has 1 aromatic rings. The molecule has 0 heterocycles. The van der Waals surface area contributed by atoms with Crippen LogP contribution in [0, 0.1) is 5.92 Å². The third-order valence-corrected chi connectivity index (χ3v) is 3.01. The van der Waals surface area contributed by atoms with Crippen molar-refractivity contribution in [3.8, 4) is 0 Å². The first-order chi connectivity index (χ1) is 8.56. The molecule has 0 fully saturated rings. The molecule has 1 aliphatic rings. The van der Waals surface area contributed by atoms with Crippen LogP contribution in [0.25, 0.3) is 11.6 Å². The maximum Gasteiger partial charge on any atom is 0.333 e. The summed E-state index contributed by atoms with van der Waals surface area (Å²) in [6.07, 6.45) is 3.36. The van der Waals surface area contributed by atoms with Crippen LogP contribution < -0.4 is 10.4 Å². The fraction of sp³-hybridized carbons (Fsp3) is 0.143. The Labute approximate surface area is 103 Å². The van der Waals surface area contributed by atoms with Gasteiger partial charge in [0.2, 0.25) is 0 Å². The Morgan fingerprint density at radius 2 is 1.89 bits per heavy atom. The minimum atomic E-state index is -1.19. The second kappa shape index (κ2) is 4.49. The highest BCUT2D eigenvalue weighted by Gasteiger charge is 2.32. The highest BCUT2D eigenvalue weighted by atomic mass is 16.4. The van der Waals surface area contributed by atoms with Gasteiger partial charge in [-0.2, -0.15) is 0 Å². The Morgan fingerprint density at radius 3 is 2.44 bits per heavy atom. The molecule has 1 aliphatic carbocycles. The molecule has 0 amide bonds. The van der Waals surface area contributed by atoms with Gasteiger partial charge in [-0.3, -0.25) is 4.79 Å². The lowest BCUT2D eigenvalue weighted by atomic mass is 9.84. The first kappa shape index (κ1) is 12.1. The molecule has 1 aromatic carbocycles. The average Bonchev–Trinajstić information content (AvgIpc) is 2.35. The molecule has 92 valence electrons. The van der Waals surface area contributed by atoms with Gasteiger partial charge in [0.05, 0.1) is 5.57 Å². The van der Waals surface area contributed by atoms with Crippen LogP contribution in [0.2, 0.25) is 0 Å². The van der Waals surface area contributed by atoms with Crippen molar-refractivity contribution in [2.75, 3.05) is 0 Å². The largest absolute Gasteiger partial charge is 0.481 e. The number of hydrogen-bond donors (Lipinski definition) is 2. The van der Waals surface area contributed by atoms with Crippen molar-refractivity contribution in [3.05, 3.63) is 46.4 Å². The second-order valence-corrected chi connectivity index (χ2v) is 4.01. The van der Waals surface area contributed by atoms with E-state index in [1.807, 2.05) is 0 Å². The Morgan fingerprint density at radius 1 is 1.22 bits per heavy atom.